The molecule has 5 nitrogen and oxygen atoms in total. The van der Waals surface area contributed by atoms with Crippen LogP contribution in [0.1, 0.15) is 48.3 Å². The Labute approximate surface area is 243 Å². The summed E-state index contributed by atoms with van der Waals surface area (Å²) in [7, 11) is -4.27. The first kappa shape index (κ1) is 28.9. The van der Waals surface area contributed by atoms with Crippen molar-refractivity contribution >= 4 is 47.0 Å². The number of rotatable bonds is 7. The molecule has 3 aromatic carbocycles. The topological polar surface area (TPSA) is 62.1 Å². The van der Waals surface area contributed by atoms with E-state index in [1.807, 2.05) is 42.5 Å². The van der Waals surface area contributed by atoms with E-state index in [1.54, 1.807) is 17.1 Å². The molecule has 0 bridgehead atoms. The molecule has 0 radical (unpaired) electrons. The van der Waals surface area contributed by atoms with E-state index in [0.717, 1.165) is 72.1 Å². The number of hydrazone groups is 1. The fraction of sp³-hybridized carbons (Fsp3) is 0.310. The third-order valence-corrected chi connectivity index (χ3v) is 11.4. The van der Waals surface area contributed by atoms with Crippen molar-refractivity contribution in [1.82, 2.24) is 5.01 Å². The normalized spacial score (nSPS) is 18.8. The van der Waals surface area contributed by atoms with Crippen LogP contribution in [0.2, 0.25) is 10.3 Å². The van der Waals surface area contributed by atoms with Crippen LogP contribution in [-0.2, 0) is 16.2 Å². The third-order valence-electron chi connectivity index (χ3n) is 7.08. The number of amidine groups is 1. The number of hydrogen-bond acceptors (Lipinski definition) is 3. The maximum absolute atomic E-state index is 13.3. The molecule has 210 valence electrons. The minimum absolute atomic E-state index is 0.136. The van der Waals surface area contributed by atoms with E-state index in [0.29, 0.717) is 22.2 Å². The van der Waals surface area contributed by atoms with Gasteiger partial charge < -0.3 is 0 Å². The first-order chi connectivity index (χ1) is 19.1. The number of alkyl halides is 3. The number of halogens is 4. The zero-order valence-electron chi connectivity index (χ0n) is 21.4. The summed E-state index contributed by atoms with van der Waals surface area (Å²) in [6, 6.07) is 20.7. The molecule has 1 saturated carbocycles. The summed E-state index contributed by atoms with van der Waals surface area (Å²) in [5.74, 6) is 0.370. The van der Waals surface area contributed by atoms with Gasteiger partial charge in [0.1, 0.15) is 0 Å². The zero-order valence-corrected chi connectivity index (χ0v) is 24.7. The molecular formula is C29H27ClF3N3O2SSe. The molecule has 1 aliphatic carbocycles. The van der Waals surface area contributed by atoms with Crippen LogP contribution in [0.15, 0.2) is 93.3 Å². The summed E-state index contributed by atoms with van der Waals surface area (Å²) in [5.41, 5.74) is 1.77. The van der Waals surface area contributed by atoms with E-state index in [-0.39, 0.29) is 25.8 Å². The van der Waals surface area contributed by atoms with Crippen LogP contribution < -0.4 is 0 Å². The Morgan fingerprint density at radius 2 is 1.62 bits per heavy atom. The van der Waals surface area contributed by atoms with Crippen LogP contribution in [0.3, 0.4) is 0 Å². The first-order valence-electron chi connectivity index (χ1n) is 12.9. The molecule has 1 heterocycles. The Bertz CT molecular complexity index is 1490. The summed E-state index contributed by atoms with van der Waals surface area (Å²) in [6.45, 7) is 0.399. The van der Waals surface area contributed by atoms with E-state index in [9.17, 15) is 21.6 Å². The Hall–Kier alpha value is -2.65. The average molecular weight is 653 g/mol. The van der Waals surface area contributed by atoms with Gasteiger partial charge in [0.25, 0.3) is 0 Å². The molecule has 0 spiro atoms. The van der Waals surface area contributed by atoms with Crippen LogP contribution >= 0.6 is 11.6 Å². The maximum atomic E-state index is 13.3. The van der Waals surface area contributed by atoms with Crippen molar-refractivity contribution in [3.63, 3.8) is 0 Å². The Kier molecular flexibility index (Phi) is 8.71. The minimum atomic E-state index is -4.56. The average Bonchev–Trinajstić information content (AvgIpc) is 3.62. The summed E-state index contributed by atoms with van der Waals surface area (Å²) in [6.07, 6.45) is -0.0272. The molecule has 5 rings (SSSR count). The second-order valence-electron chi connectivity index (χ2n) is 9.87. The van der Waals surface area contributed by atoms with Crippen molar-refractivity contribution < 1.29 is 21.6 Å². The summed E-state index contributed by atoms with van der Waals surface area (Å²) < 4.78 is 70.4. The number of benzene rings is 3. The first-order valence-corrected chi connectivity index (χ1v) is 16.8. The van der Waals surface area contributed by atoms with Gasteiger partial charge >= 0.3 is 244 Å². The van der Waals surface area contributed by atoms with Crippen molar-refractivity contribution in [2.24, 2.45) is 15.4 Å². The van der Waals surface area contributed by atoms with Crippen LogP contribution in [0, 0.1) is 5.92 Å². The summed E-state index contributed by atoms with van der Waals surface area (Å²) in [4.78, 5) is -0.282. The molecule has 1 aliphatic heterocycles. The van der Waals surface area contributed by atoms with E-state index in [2.05, 4.69) is 4.40 Å². The fourth-order valence-electron chi connectivity index (χ4n) is 4.94. The van der Waals surface area contributed by atoms with E-state index >= 15 is 0 Å². The van der Waals surface area contributed by atoms with Crippen LogP contribution in [-0.4, -0.2) is 45.4 Å². The van der Waals surface area contributed by atoms with Gasteiger partial charge in [0.05, 0.1) is 0 Å². The number of hydrogen-bond donors (Lipinski definition) is 0. The van der Waals surface area contributed by atoms with Gasteiger partial charge in [0.2, 0.25) is 0 Å². The van der Waals surface area contributed by atoms with Crippen molar-refractivity contribution in [2.45, 2.75) is 48.0 Å². The van der Waals surface area contributed by atoms with Crippen molar-refractivity contribution in [3.05, 3.63) is 101 Å². The fourth-order valence-corrected chi connectivity index (χ4v) is 9.01. The standard InChI is InChI=1S/C29H27ClF3N3O2SSe/c30-24-14-10-22(11-15-24)27-26(21-8-2-1-3-9-21)18-36(34-27)28(40-19-20-6-4-5-7-20)35-39(37,38)25-16-12-23(13-17-25)29(31,32)33/h1-3,8-17,20,26H,4-7,18-19H2/b35-28-. The summed E-state index contributed by atoms with van der Waals surface area (Å²) in [5, 5.41) is 8.00. The molecule has 0 aromatic heterocycles. The Morgan fingerprint density at radius 1 is 0.975 bits per heavy atom. The van der Waals surface area contributed by atoms with E-state index < -0.39 is 21.8 Å². The summed E-state index contributed by atoms with van der Waals surface area (Å²) >= 11 is 5.81. The van der Waals surface area contributed by atoms with Crippen LogP contribution in [0.25, 0.3) is 0 Å². The molecule has 1 fully saturated rings. The number of nitrogens with zero attached hydrogens (tertiary/aromatic N) is 3. The second-order valence-corrected chi connectivity index (χ2v) is 14.0. The molecule has 40 heavy (non-hydrogen) atoms. The molecule has 1 unspecified atom stereocenters. The molecule has 3 aromatic rings. The van der Waals surface area contributed by atoms with Crippen LogP contribution in [0.4, 0.5) is 13.2 Å². The van der Waals surface area contributed by atoms with Crippen molar-refractivity contribution in [2.75, 3.05) is 6.54 Å². The monoisotopic (exact) mass is 653 g/mol. The Balaban J connectivity index is 1.52. The van der Waals surface area contributed by atoms with Crippen molar-refractivity contribution in [3.8, 4) is 0 Å². The predicted molar refractivity (Wildman–Crippen MR) is 152 cm³/mol. The van der Waals surface area contributed by atoms with E-state index in [1.165, 1.54) is 0 Å². The molecule has 11 heteroatoms. The zero-order chi connectivity index (χ0) is 28.3. The second kappa shape index (κ2) is 12.1. The quantitative estimate of drug-likeness (QED) is 0.154. The Morgan fingerprint density at radius 3 is 2.25 bits per heavy atom. The van der Waals surface area contributed by atoms with Gasteiger partial charge in [-0.15, -0.1) is 0 Å². The van der Waals surface area contributed by atoms with Crippen molar-refractivity contribution in [1.29, 1.82) is 0 Å². The molecule has 0 N–H and O–H groups in total. The van der Waals surface area contributed by atoms with Gasteiger partial charge in [0.15, 0.2) is 0 Å². The van der Waals surface area contributed by atoms with Gasteiger partial charge in [-0.3, -0.25) is 0 Å². The van der Waals surface area contributed by atoms with Crippen LogP contribution in [0.5, 0.6) is 0 Å². The van der Waals surface area contributed by atoms with Gasteiger partial charge in [-0.1, -0.05) is 0 Å². The number of sulfonamides is 1. The van der Waals surface area contributed by atoms with Gasteiger partial charge in [-0.05, 0) is 0 Å². The molecule has 1 atom stereocenters. The van der Waals surface area contributed by atoms with Gasteiger partial charge in [-0.25, -0.2) is 0 Å². The van der Waals surface area contributed by atoms with E-state index in [4.69, 9.17) is 16.7 Å². The molecule has 0 amide bonds. The van der Waals surface area contributed by atoms with Gasteiger partial charge in [-0.2, -0.15) is 0 Å². The molecular weight excluding hydrogens is 626 g/mol. The predicted octanol–water partition coefficient (Wildman–Crippen LogP) is 7.22. The third kappa shape index (κ3) is 6.79. The SMILES string of the molecule is O=S(=O)(/N=C(\[Se]CC1CCCC1)N1CC(c2ccccc2)C(c2ccc(Cl)cc2)=N1)c1ccc(C(F)(F)F)cc1. The molecule has 2 aliphatic rings. The molecule has 0 saturated heterocycles. The van der Waals surface area contributed by atoms with Gasteiger partial charge in [0, 0.05) is 0 Å².